The third kappa shape index (κ3) is 13.5. The molecule has 1 amide bonds. The molecule has 1 N–H and O–H groups in total. The molecule has 1 unspecified atom stereocenters. The first-order valence-corrected chi connectivity index (χ1v) is 13.0. The lowest BCUT2D eigenvalue weighted by Gasteiger charge is -2.19. The first-order valence-electron chi connectivity index (χ1n) is 13.0. The lowest BCUT2D eigenvalue weighted by molar-refractivity contribution is -0.146. The van der Waals surface area contributed by atoms with Gasteiger partial charge in [-0.25, -0.2) is 4.79 Å². The molecule has 0 heterocycles. The maximum Gasteiger partial charge on any atom is 0.328 e. The second kappa shape index (κ2) is 17.7. The Morgan fingerprint density at radius 1 is 0.812 bits per heavy atom. The first-order chi connectivity index (χ1) is 15.4. The van der Waals surface area contributed by atoms with Crippen LogP contribution in [0.25, 0.3) is 0 Å². The molecule has 0 saturated carbocycles. The van der Waals surface area contributed by atoms with Gasteiger partial charge in [-0.05, 0) is 37.8 Å². The van der Waals surface area contributed by atoms with E-state index in [-0.39, 0.29) is 17.8 Å². The molecule has 0 aliphatic heterocycles. The minimum atomic E-state index is -0.596. The average Bonchev–Trinajstić information content (AvgIpc) is 2.76. The van der Waals surface area contributed by atoms with Crippen molar-refractivity contribution in [1.82, 2.24) is 5.32 Å². The molecule has 1 aromatic carbocycles. The fourth-order valence-electron chi connectivity index (χ4n) is 3.85. The Bertz CT molecular complexity index is 624. The molecule has 182 valence electrons. The third-order valence-corrected chi connectivity index (χ3v) is 5.85. The van der Waals surface area contributed by atoms with Gasteiger partial charge in [-0.1, -0.05) is 109 Å². The van der Waals surface area contributed by atoms with E-state index in [1.54, 1.807) is 12.1 Å². The van der Waals surface area contributed by atoms with Crippen molar-refractivity contribution in [1.29, 1.82) is 0 Å². The van der Waals surface area contributed by atoms with Crippen LogP contribution in [0.4, 0.5) is 0 Å². The van der Waals surface area contributed by atoms with Crippen LogP contribution >= 0.6 is 0 Å². The Labute approximate surface area is 196 Å². The molecule has 0 aromatic heterocycles. The van der Waals surface area contributed by atoms with E-state index in [9.17, 15) is 9.59 Å². The molecule has 0 spiro atoms. The first kappa shape index (κ1) is 28.2. The lowest BCUT2D eigenvalue weighted by atomic mass is 10.0. The van der Waals surface area contributed by atoms with Gasteiger partial charge >= 0.3 is 5.97 Å². The quantitative estimate of drug-likeness (QED) is 0.189. The number of carbonyl (C=O) groups excluding carboxylic acids is 2. The standard InChI is InChI=1S/C28H47NO3/c1-5-6-7-8-9-10-11-12-13-14-15-16-21-32-28(31)26(22-23(2)3)29-27(30)25-19-17-24(4)18-20-25/h17-20,23,26H,5-16,21-22H2,1-4H3,(H,29,30). The zero-order valence-electron chi connectivity index (χ0n) is 21.1. The summed E-state index contributed by atoms with van der Waals surface area (Å²) in [5.41, 5.74) is 1.67. The Morgan fingerprint density at radius 3 is 1.81 bits per heavy atom. The third-order valence-electron chi connectivity index (χ3n) is 5.85. The number of esters is 1. The van der Waals surface area contributed by atoms with Crippen molar-refractivity contribution >= 4 is 11.9 Å². The van der Waals surface area contributed by atoms with Gasteiger partial charge in [-0.2, -0.15) is 0 Å². The smallest absolute Gasteiger partial charge is 0.328 e. The second-order valence-corrected chi connectivity index (χ2v) is 9.58. The molecule has 0 radical (unpaired) electrons. The molecular formula is C28H47NO3. The molecule has 0 bridgehead atoms. The number of benzene rings is 1. The number of ether oxygens (including phenoxy) is 1. The monoisotopic (exact) mass is 445 g/mol. The average molecular weight is 446 g/mol. The Morgan fingerprint density at radius 2 is 1.31 bits per heavy atom. The van der Waals surface area contributed by atoms with Crippen LogP contribution in [0, 0.1) is 12.8 Å². The van der Waals surface area contributed by atoms with Crippen molar-refractivity contribution in [3.63, 3.8) is 0 Å². The minimum Gasteiger partial charge on any atom is -0.464 e. The number of hydrogen-bond acceptors (Lipinski definition) is 3. The zero-order valence-corrected chi connectivity index (χ0v) is 21.1. The summed E-state index contributed by atoms with van der Waals surface area (Å²) < 4.78 is 5.50. The number of amides is 1. The van der Waals surface area contributed by atoms with E-state index < -0.39 is 6.04 Å². The SMILES string of the molecule is CCCCCCCCCCCCCCOC(=O)C(CC(C)C)NC(=O)c1ccc(C)cc1. The predicted octanol–water partition coefficient (Wildman–Crippen LogP) is 7.38. The summed E-state index contributed by atoms with van der Waals surface area (Å²) in [7, 11) is 0. The van der Waals surface area contributed by atoms with Crippen LogP contribution in [0.1, 0.15) is 120 Å². The van der Waals surface area contributed by atoms with Gasteiger partial charge in [0.1, 0.15) is 6.04 Å². The van der Waals surface area contributed by atoms with E-state index >= 15 is 0 Å². The van der Waals surface area contributed by atoms with E-state index in [1.165, 1.54) is 64.2 Å². The van der Waals surface area contributed by atoms with Crippen LogP contribution in [-0.2, 0) is 9.53 Å². The molecular weight excluding hydrogens is 398 g/mol. The maximum atomic E-state index is 12.6. The lowest BCUT2D eigenvalue weighted by Crippen LogP contribution is -2.42. The summed E-state index contributed by atoms with van der Waals surface area (Å²) in [5.74, 6) is -0.252. The van der Waals surface area contributed by atoms with E-state index in [1.807, 2.05) is 32.9 Å². The number of unbranched alkanes of at least 4 members (excludes halogenated alkanes) is 11. The minimum absolute atomic E-state index is 0.224. The van der Waals surface area contributed by atoms with E-state index in [4.69, 9.17) is 4.74 Å². The normalized spacial score (nSPS) is 12.0. The second-order valence-electron chi connectivity index (χ2n) is 9.58. The van der Waals surface area contributed by atoms with Gasteiger partial charge in [0.25, 0.3) is 5.91 Å². The topological polar surface area (TPSA) is 55.4 Å². The van der Waals surface area contributed by atoms with Crippen molar-refractivity contribution in [2.24, 2.45) is 5.92 Å². The van der Waals surface area contributed by atoms with Gasteiger partial charge in [0, 0.05) is 5.56 Å². The number of hydrogen-bond donors (Lipinski definition) is 1. The summed E-state index contributed by atoms with van der Waals surface area (Å²) in [6.45, 7) is 8.77. The van der Waals surface area contributed by atoms with Crippen molar-refractivity contribution in [2.45, 2.75) is 117 Å². The van der Waals surface area contributed by atoms with Gasteiger partial charge in [0.15, 0.2) is 0 Å². The highest BCUT2D eigenvalue weighted by Crippen LogP contribution is 2.13. The van der Waals surface area contributed by atoms with E-state index in [0.29, 0.717) is 18.6 Å². The summed E-state index contributed by atoms with van der Waals surface area (Å²) in [5, 5.41) is 2.87. The van der Waals surface area contributed by atoms with Crippen LogP contribution in [0.15, 0.2) is 24.3 Å². The van der Waals surface area contributed by atoms with E-state index in [0.717, 1.165) is 18.4 Å². The Balaban J connectivity index is 2.19. The van der Waals surface area contributed by atoms with Gasteiger partial charge in [-0.15, -0.1) is 0 Å². The largest absolute Gasteiger partial charge is 0.464 e. The molecule has 32 heavy (non-hydrogen) atoms. The zero-order chi connectivity index (χ0) is 23.6. The molecule has 0 saturated heterocycles. The summed E-state index contributed by atoms with van der Waals surface area (Å²) in [4.78, 5) is 25.1. The molecule has 0 aliphatic carbocycles. The van der Waals surface area contributed by atoms with Gasteiger partial charge in [0.05, 0.1) is 6.61 Å². The van der Waals surface area contributed by atoms with Crippen molar-refractivity contribution < 1.29 is 14.3 Å². The van der Waals surface area contributed by atoms with Gasteiger partial charge in [-0.3, -0.25) is 4.79 Å². The van der Waals surface area contributed by atoms with Crippen molar-refractivity contribution in [3.05, 3.63) is 35.4 Å². The molecule has 4 heteroatoms. The Kier molecular flexibility index (Phi) is 15.6. The summed E-state index contributed by atoms with van der Waals surface area (Å²) in [6.07, 6.45) is 15.9. The summed E-state index contributed by atoms with van der Waals surface area (Å²) >= 11 is 0. The number of rotatable bonds is 18. The van der Waals surface area contributed by atoms with E-state index in [2.05, 4.69) is 12.2 Å². The molecule has 4 nitrogen and oxygen atoms in total. The number of aryl methyl sites for hydroxylation is 1. The van der Waals surface area contributed by atoms with Crippen LogP contribution in [-0.4, -0.2) is 24.5 Å². The van der Waals surface area contributed by atoms with Gasteiger partial charge < -0.3 is 10.1 Å². The van der Waals surface area contributed by atoms with Crippen LogP contribution < -0.4 is 5.32 Å². The highest BCUT2D eigenvalue weighted by molar-refractivity contribution is 5.96. The highest BCUT2D eigenvalue weighted by atomic mass is 16.5. The fraction of sp³-hybridized carbons (Fsp3) is 0.714. The van der Waals surface area contributed by atoms with Crippen molar-refractivity contribution in [3.8, 4) is 0 Å². The summed E-state index contributed by atoms with van der Waals surface area (Å²) in [6, 6.07) is 6.78. The van der Waals surface area contributed by atoms with Gasteiger partial charge in [0.2, 0.25) is 0 Å². The van der Waals surface area contributed by atoms with Crippen LogP contribution in [0.5, 0.6) is 0 Å². The van der Waals surface area contributed by atoms with Crippen molar-refractivity contribution in [2.75, 3.05) is 6.61 Å². The molecule has 1 rings (SSSR count). The predicted molar refractivity (Wildman–Crippen MR) is 134 cm³/mol. The molecule has 1 atom stereocenters. The van der Waals surface area contributed by atoms with Crippen LogP contribution in [0.2, 0.25) is 0 Å². The number of carbonyl (C=O) groups is 2. The molecule has 0 fully saturated rings. The Hall–Kier alpha value is -1.84. The molecule has 0 aliphatic rings. The fourth-order valence-corrected chi connectivity index (χ4v) is 3.85. The maximum absolute atomic E-state index is 12.6. The molecule has 1 aromatic rings. The number of nitrogens with one attached hydrogen (secondary N) is 1. The van der Waals surface area contributed by atoms with Crippen LogP contribution in [0.3, 0.4) is 0 Å². The highest BCUT2D eigenvalue weighted by Gasteiger charge is 2.23.